The minimum Gasteiger partial charge on any atom is -0.338 e. The molecule has 1 unspecified atom stereocenters. The van der Waals surface area contributed by atoms with Gasteiger partial charge in [0.05, 0.1) is 5.69 Å². The van der Waals surface area contributed by atoms with Crippen molar-refractivity contribution in [1.29, 1.82) is 0 Å². The Bertz CT molecular complexity index is 1090. The first-order valence-electron chi connectivity index (χ1n) is 11.1. The highest BCUT2D eigenvalue weighted by molar-refractivity contribution is 5.94. The predicted molar refractivity (Wildman–Crippen MR) is 122 cm³/mol. The minimum absolute atomic E-state index is 0.225. The molecule has 0 bridgehead atoms. The Balaban J connectivity index is 1.73. The standard InChI is InChI=1S/C24H32N6O2/c1-15(2)29-12-13-30-18(14-29)19(26-21(30)17-10-8-7-9-11-17)22(31)27-20(24(4,5)6)23-25-16(3)28-32-23/h7-11,15,20H,12-14H2,1-6H3,(H,27,31). The molecule has 32 heavy (non-hydrogen) atoms. The van der Waals surface area contributed by atoms with Crippen molar-refractivity contribution >= 4 is 5.91 Å². The molecule has 0 aliphatic carbocycles. The lowest BCUT2D eigenvalue weighted by atomic mass is 9.86. The zero-order valence-corrected chi connectivity index (χ0v) is 19.7. The average molecular weight is 437 g/mol. The molecule has 1 atom stereocenters. The third-order valence-corrected chi connectivity index (χ3v) is 5.95. The van der Waals surface area contributed by atoms with Gasteiger partial charge in [-0.05, 0) is 26.2 Å². The number of fused-ring (bicyclic) bond motifs is 1. The third-order valence-electron chi connectivity index (χ3n) is 5.95. The number of nitrogens with zero attached hydrogens (tertiary/aromatic N) is 5. The van der Waals surface area contributed by atoms with Crippen molar-refractivity contribution in [3.8, 4) is 11.4 Å². The summed E-state index contributed by atoms with van der Waals surface area (Å²) in [5.74, 6) is 1.55. The van der Waals surface area contributed by atoms with Crippen molar-refractivity contribution < 1.29 is 9.32 Å². The van der Waals surface area contributed by atoms with E-state index in [0.717, 1.165) is 30.2 Å². The number of hydrogen-bond donors (Lipinski definition) is 1. The molecule has 8 nitrogen and oxygen atoms in total. The van der Waals surface area contributed by atoms with Gasteiger partial charge < -0.3 is 14.4 Å². The zero-order valence-electron chi connectivity index (χ0n) is 19.7. The largest absolute Gasteiger partial charge is 0.338 e. The molecule has 2 aromatic heterocycles. The molecule has 1 aliphatic rings. The molecule has 0 saturated heterocycles. The van der Waals surface area contributed by atoms with Crippen LogP contribution >= 0.6 is 0 Å². The van der Waals surface area contributed by atoms with Gasteiger partial charge in [0.1, 0.15) is 11.9 Å². The molecular weight excluding hydrogens is 404 g/mol. The highest BCUT2D eigenvalue weighted by Gasteiger charge is 2.35. The maximum Gasteiger partial charge on any atom is 0.272 e. The SMILES string of the molecule is Cc1noc(C(NC(=O)c2nc(-c3ccccc3)n3c2CN(C(C)C)CC3)C(C)(C)C)n1. The van der Waals surface area contributed by atoms with Gasteiger partial charge in [0, 0.05) is 31.2 Å². The van der Waals surface area contributed by atoms with E-state index in [1.54, 1.807) is 6.92 Å². The maximum atomic E-state index is 13.6. The summed E-state index contributed by atoms with van der Waals surface area (Å²) in [4.78, 5) is 25.2. The number of aryl methyl sites for hydroxylation is 1. The number of amides is 1. The van der Waals surface area contributed by atoms with Gasteiger partial charge >= 0.3 is 0 Å². The number of nitrogens with one attached hydrogen (secondary N) is 1. The van der Waals surface area contributed by atoms with Crippen LogP contribution in [0.2, 0.25) is 0 Å². The minimum atomic E-state index is -0.432. The quantitative estimate of drug-likeness (QED) is 0.651. The van der Waals surface area contributed by atoms with Crippen LogP contribution in [-0.2, 0) is 13.1 Å². The van der Waals surface area contributed by atoms with Crippen LogP contribution in [0.25, 0.3) is 11.4 Å². The second-order valence-corrected chi connectivity index (χ2v) is 9.76. The fraction of sp³-hybridized carbons (Fsp3) is 0.500. The van der Waals surface area contributed by atoms with Crippen molar-refractivity contribution in [3.63, 3.8) is 0 Å². The zero-order chi connectivity index (χ0) is 23.0. The highest BCUT2D eigenvalue weighted by atomic mass is 16.5. The van der Waals surface area contributed by atoms with Gasteiger partial charge in [-0.3, -0.25) is 9.69 Å². The number of imidazole rings is 1. The first kappa shape index (κ1) is 22.2. The number of hydrogen-bond acceptors (Lipinski definition) is 6. The molecule has 1 amide bonds. The molecule has 1 N–H and O–H groups in total. The van der Waals surface area contributed by atoms with E-state index in [0.29, 0.717) is 30.0 Å². The lowest BCUT2D eigenvalue weighted by Crippen LogP contribution is -2.40. The summed E-state index contributed by atoms with van der Waals surface area (Å²) in [7, 11) is 0. The number of rotatable bonds is 5. The molecule has 1 aliphatic heterocycles. The fourth-order valence-corrected chi connectivity index (χ4v) is 4.10. The third kappa shape index (κ3) is 4.32. The van der Waals surface area contributed by atoms with Crippen molar-refractivity contribution in [3.05, 3.63) is 53.4 Å². The van der Waals surface area contributed by atoms with Crippen LogP contribution in [0.1, 0.15) is 68.6 Å². The number of carbonyl (C=O) groups is 1. The van der Waals surface area contributed by atoms with Crippen LogP contribution < -0.4 is 5.32 Å². The topological polar surface area (TPSA) is 89.1 Å². The smallest absolute Gasteiger partial charge is 0.272 e. The van der Waals surface area contributed by atoms with E-state index in [4.69, 9.17) is 9.51 Å². The summed E-state index contributed by atoms with van der Waals surface area (Å²) in [5.41, 5.74) is 2.08. The van der Waals surface area contributed by atoms with Gasteiger partial charge in [0.15, 0.2) is 11.5 Å². The van der Waals surface area contributed by atoms with Gasteiger partial charge in [-0.2, -0.15) is 4.98 Å². The summed E-state index contributed by atoms with van der Waals surface area (Å²) in [6.45, 7) is 14.6. The van der Waals surface area contributed by atoms with E-state index < -0.39 is 6.04 Å². The Morgan fingerprint density at radius 3 is 2.44 bits per heavy atom. The highest BCUT2D eigenvalue weighted by Crippen LogP contribution is 2.33. The van der Waals surface area contributed by atoms with Gasteiger partial charge in [-0.15, -0.1) is 0 Å². The molecule has 8 heteroatoms. The van der Waals surface area contributed by atoms with E-state index in [1.807, 2.05) is 51.1 Å². The summed E-state index contributed by atoms with van der Waals surface area (Å²) >= 11 is 0. The molecular formula is C24H32N6O2. The Hall–Kier alpha value is -3.00. The van der Waals surface area contributed by atoms with E-state index in [9.17, 15) is 4.79 Å². The Morgan fingerprint density at radius 2 is 1.84 bits per heavy atom. The molecule has 3 aromatic rings. The second kappa shape index (κ2) is 8.50. The molecule has 1 aromatic carbocycles. The van der Waals surface area contributed by atoms with E-state index in [1.165, 1.54) is 0 Å². The van der Waals surface area contributed by atoms with Gasteiger partial charge in [-0.25, -0.2) is 4.98 Å². The van der Waals surface area contributed by atoms with Gasteiger partial charge in [0.25, 0.3) is 5.91 Å². The van der Waals surface area contributed by atoms with E-state index >= 15 is 0 Å². The summed E-state index contributed by atoms with van der Waals surface area (Å²) in [6.07, 6.45) is 0. The Kier molecular flexibility index (Phi) is 5.90. The van der Waals surface area contributed by atoms with Crippen molar-refractivity contribution in [2.75, 3.05) is 6.54 Å². The second-order valence-electron chi connectivity index (χ2n) is 9.76. The van der Waals surface area contributed by atoms with Crippen LogP contribution in [0.3, 0.4) is 0 Å². The number of carbonyl (C=O) groups excluding carboxylic acids is 1. The van der Waals surface area contributed by atoms with Gasteiger partial charge in [0.2, 0.25) is 5.89 Å². The monoisotopic (exact) mass is 436 g/mol. The Labute approximate surface area is 189 Å². The number of aromatic nitrogens is 4. The lowest BCUT2D eigenvalue weighted by molar-refractivity contribution is 0.0871. The van der Waals surface area contributed by atoms with E-state index in [2.05, 4.69) is 38.8 Å². The van der Waals surface area contributed by atoms with Crippen molar-refractivity contribution in [2.24, 2.45) is 5.41 Å². The average Bonchev–Trinajstić information content (AvgIpc) is 3.34. The maximum absolute atomic E-state index is 13.6. The van der Waals surface area contributed by atoms with Crippen LogP contribution in [0, 0.1) is 12.3 Å². The fourth-order valence-electron chi connectivity index (χ4n) is 4.10. The summed E-state index contributed by atoms with van der Waals surface area (Å²) in [5, 5.41) is 7.04. The predicted octanol–water partition coefficient (Wildman–Crippen LogP) is 3.98. The molecule has 0 radical (unpaired) electrons. The summed E-state index contributed by atoms with van der Waals surface area (Å²) < 4.78 is 7.60. The van der Waals surface area contributed by atoms with Crippen molar-refractivity contribution in [1.82, 2.24) is 29.9 Å². The molecule has 3 heterocycles. The van der Waals surface area contributed by atoms with Gasteiger partial charge in [-0.1, -0.05) is 56.3 Å². The van der Waals surface area contributed by atoms with Crippen LogP contribution in [0.4, 0.5) is 0 Å². The number of benzene rings is 1. The molecule has 170 valence electrons. The normalized spacial score (nSPS) is 15.6. The van der Waals surface area contributed by atoms with Crippen molar-refractivity contribution in [2.45, 2.75) is 66.7 Å². The first-order chi connectivity index (χ1) is 15.1. The first-order valence-corrected chi connectivity index (χ1v) is 11.1. The molecule has 4 rings (SSSR count). The molecule has 0 spiro atoms. The van der Waals surface area contributed by atoms with Crippen LogP contribution in [0.5, 0.6) is 0 Å². The van der Waals surface area contributed by atoms with Crippen LogP contribution in [0.15, 0.2) is 34.9 Å². The van der Waals surface area contributed by atoms with E-state index in [-0.39, 0.29) is 11.3 Å². The molecule has 0 fully saturated rings. The Morgan fingerprint density at radius 1 is 1.12 bits per heavy atom. The molecule has 0 saturated carbocycles. The summed E-state index contributed by atoms with van der Waals surface area (Å²) in [6, 6.07) is 9.99. The lowest BCUT2D eigenvalue weighted by Gasteiger charge is -2.32. The van der Waals surface area contributed by atoms with Crippen LogP contribution in [-0.4, -0.2) is 43.1 Å².